The molecule has 0 fully saturated rings. The SMILES string of the molecule is O=[N+]([O-])c1c(NCc2ccc(Cl)s2)ccc2scnc12. The van der Waals surface area contributed by atoms with Crippen molar-refractivity contribution in [2.24, 2.45) is 0 Å². The van der Waals surface area contributed by atoms with E-state index in [0.717, 1.165) is 9.58 Å². The second-order valence-corrected chi connectivity index (χ2v) is 6.66. The predicted molar refractivity (Wildman–Crippen MR) is 82.9 cm³/mol. The molecule has 0 aliphatic heterocycles. The number of halogens is 1. The summed E-state index contributed by atoms with van der Waals surface area (Å²) in [5.74, 6) is 0. The zero-order valence-corrected chi connectivity index (χ0v) is 12.4. The van der Waals surface area contributed by atoms with Gasteiger partial charge in [-0.25, -0.2) is 4.98 Å². The van der Waals surface area contributed by atoms with E-state index in [1.165, 1.54) is 22.7 Å². The van der Waals surface area contributed by atoms with Crippen LogP contribution in [0.2, 0.25) is 4.34 Å². The Morgan fingerprint density at radius 3 is 2.90 bits per heavy atom. The van der Waals surface area contributed by atoms with Crippen LogP contribution in [0.3, 0.4) is 0 Å². The Balaban J connectivity index is 1.94. The van der Waals surface area contributed by atoms with Crippen LogP contribution >= 0.6 is 34.3 Å². The molecular formula is C12H8ClN3O2S2. The summed E-state index contributed by atoms with van der Waals surface area (Å²) in [6, 6.07) is 7.26. The number of anilines is 1. The highest BCUT2D eigenvalue weighted by Crippen LogP contribution is 2.34. The van der Waals surface area contributed by atoms with Crippen LogP contribution in [0.25, 0.3) is 10.2 Å². The average Bonchev–Trinajstić information content (AvgIpc) is 3.03. The number of nitrogens with one attached hydrogen (secondary N) is 1. The lowest BCUT2D eigenvalue weighted by Crippen LogP contribution is -2.01. The standard InChI is InChI=1S/C12H8ClN3O2S2/c13-10-4-1-7(20-10)5-14-8-2-3-9-11(15-6-19-9)12(8)16(17)18/h1-4,6,14H,5H2. The van der Waals surface area contributed by atoms with Crippen molar-refractivity contribution in [3.05, 3.63) is 49.1 Å². The molecule has 3 aromatic rings. The zero-order valence-electron chi connectivity index (χ0n) is 10.00. The minimum atomic E-state index is -0.397. The fraction of sp³-hybridized carbons (Fsp3) is 0.0833. The van der Waals surface area contributed by atoms with Crippen LogP contribution in [-0.2, 0) is 6.54 Å². The van der Waals surface area contributed by atoms with Crippen LogP contribution in [0.5, 0.6) is 0 Å². The molecule has 0 atom stereocenters. The van der Waals surface area contributed by atoms with Gasteiger partial charge in [-0.05, 0) is 24.3 Å². The molecular weight excluding hydrogens is 318 g/mol. The van der Waals surface area contributed by atoms with Crippen molar-refractivity contribution in [2.75, 3.05) is 5.32 Å². The number of nitrogens with zero attached hydrogens (tertiary/aromatic N) is 2. The minimum absolute atomic E-state index is 0.0198. The third-order valence-electron chi connectivity index (χ3n) is 2.74. The lowest BCUT2D eigenvalue weighted by molar-refractivity contribution is -0.382. The highest BCUT2D eigenvalue weighted by molar-refractivity contribution is 7.17. The van der Waals surface area contributed by atoms with Gasteiger partial charge in [-0.1, -0.05) is 11.6 Å². The van der Waals surface area contributed by atoms with E-state index >= 15 is 0 Å². The second kappa shape index (κ2) is 5.35. The van der Waals surface area contributed by atoms with E-state index < -0.39 is 4.92 Å². The van der Waals surface area contributed by atoms with E-state index in [1.54, 1.807) is 17.6 Å². The Bertz CT molecular complexity index is 784. The fourth-order valence-corrected chi connectivity index (χ4v) is 3.58. The molecule has 1 N–H and O–H groups in total. The van der Waals surface area contributed by atoms with Crippen LogP contribution in [0.1, 0.15) is 4.88 Å². The molecule has 20 heavy (non-hydrogen) atoms. The van der Waals surface area contributed by atoms with E-state index in [2.05, 4.69) is 10.3 Å². The smallest absolute Gasteiger partial charge is 0.319 e. The van der Waals surface area contributed by atoms with Gasteiger partial charge in [0.25, 0.3) is 0 Å². The number of fused-ring (bicyclic) bond motifs is 1. The quantitative estimate of drug-likeness (QED) is 0.565. The Kier molecular flexibility index (Phi) is 3.56. The van der Waals surface area contributed by atoms with Gasteiger partial charge in [0, 0.05) is 11.4 Å². The number of rotatable bonds is 4. The maximum absolute atomic E-state index is 11.3. The van der Waals surface area contributed by atoms with Gasteiger partial charge in [-0.2, -0.15) is 0 Å². The van der Waals surface area contributed by atoms with E-state index in [-0.39, 0.29) is 5.69 Å². The molecule has 3 rings (SSSR count). The van der Waals surface area contributed by atoms with Crippen LogP contribution in [0, 0.1) is 10.1 Å². The molecule has 0 bridgehead atoms. The zero-order chi connectivity index (χ0) is 14.1. The molecule has 8 heteroatoms. The Labute approximate surface area is 127 Å². The first-order valence-electron chi connectivity index (χ1n) is 5.64. The molecule has 2 aromatic heterocycles. The van der Waals surface area contributed by atoms with Gasteiger partial charge in [0.05, 0.1) is 19.5 Å². The van der Waals surface area contributed by atoms with E-state index in [9.17, 15) is 10.1 Å². The summed E-state index contributed by atoms with van der Waals surface area (Å²) in [6.07, 6.45) is 0. The van der Waals surface area contributed by atoms with Crippen molar-refractivity contribution >= 4 is 55.9 Å². The third-order valence-corrected chi connectivity index (χ3v) is 4.77. The number of hydrogen-bond acceptors (Lipinski definition) is 6. The second-order valence-electron chi connectivity index (χ2n) is 3.98. The van der Waals surface area contributed by atoms with Gasteiger partial charge < -0.3 is 5.32 Å². The van der Waals surface area contributed by atoms with Crippen LogP contribution in [-0.4, -0.2) is 9.91 Å². The number of aromatic nitrogens is 1. The van der Waals surface area contributed by atoms with E-state index in [1.807, 2.05) is 12.1 Å². The van der Waals surface area contributed by atoms with Crippen LogP contribution < -0.4 is 5.32 Å². The van der Waals surface area contributed by atoms with Gasteiger partial charge in [-0.15, -0.1) is 22.7 Å². The van der Waals surface area contributed by atoms with Crippen LogP contribution in [0.4, 0.5) is 11.4 Å². The molecule has 0 aliphatic carbocycles. The van der Waals surface area contributed by atoms with Crippen molar-refractivity contribution in [1.29, 1.82) is 0 Å². The summed E-state index contributed by atoms with van der Waals surface area (Å²) in [5.41, 5.74) is 2.53. The first-order valence-corrected chi connectivity index (χ1v) is 7.71. The molecule has 2 heterocycles. The summed E-state index contributed by atoms with van der Waals surface area (Å²) in [6.45, 7) is 0.494. The average molecular weight is 326 g/mol. The van der Waals surface area contributed by atoms with Gasteiger partial charge in [0.1, 0.15) is 5.69 Å². The lowest BCUT2D eigenvalue weighted by atomic mass is 10.2. The van der Waals surface area contributed by atoms with Crippen LogP contribution in [0.15, 0.2) is 29.8 Å². The van der Waals surface area contributed by atoms with Crippen molar-refractivity contribution in [3.8, 4) is 0 Å². The van der Waals surface area contributed by atoms with Crippen molar-refractivity contribution in [1.82, 2.24) is 4.98 Å². The largest absolute Gasteiger partial charge is 0.375 e. The summed E-state index contributed by atoms with van der Waals surface area (Å²) in [5, 5.41) is 14.3. The summed E-state index contributed by atoms with van der Waals surface area (Å²) < 4.78 is 1.51. The molecule has 0 radical (unpaired) electrons. The number of thiazole rings is 1. The Hall–Kier alpha value is -1.70. The Morgan fingerprint density at radius 1 is 1.35 bits per heavy atom. The first-order chi connectivity index (χ1) is 9.65. The predicted octanol–water partition coefficient (Wildman–Crippen LogP) is 4.53. The fourth-order valence-electron chi connectivity index (χ4n) is 1.87. The molecule has 102 valence electrons. The molecule has 5 nitrogen and oxygen atoms in total. The highest BCUT2D eigenvalue weighted by atomic mass is 35.5. The molecule has 1 aromatic carbocycles. The maximum Gasteiger partial charge on any atom is 0.319 e. The number of thiophene rings is 1. The van der Waals surface area contributed by atoms with Gasteiger partial charge in [-0.3, -0.25) is 10.1 Å². The van der Waals surface area contributed by atoms with E-state index in [4.69, 9.17) is 11.6 Å². The number of nitro benzene ring substituents is 1. The van der Waals surface area contributed by atoms with E-state index in [0.29, 0.717) is 22.1 Å². The summed E-state index contributed by atoms with van der Waals surface area (Å²) in [4.78, 5) is 16.0. The minimum Gasteiger partial charge on any atom is -0.375 e. The molecule has 0 spiro atoms. The summed E-state index contributed by atoms with van der Waals surface area (Å²) >= 11 is 8.69. The molecule has 0 aliphatic rings. The molecule has 0 amide bonds. The highest BCUT2D eigenvalue weighted by Gasteiger charge is 2.20. The van der Waals surface area contributed by atoms with Crippen molar-refractivity contribution < 1.29 is 4.92 Å². The Morgan fingerprint density at radius 2 is 2.20 bits per heavy atom. The number of benzene rings is 1. The number of hydrogen-bond donors (Lipinski definition) is 1. The van der Waals surface area contributed by atoms with Gasteiger partial charge in [0.2, 0.25) is 0 Å². The topological polar surface area (TPSA) is 68.1 Å². The normalized spacial score (nSPS) is 10.8. The number of nitro groups is 1. The third kappa shape index (κ3) is 2.47. The van der Waals surface area contributed by atoms with Gasteiger partial charge in [0.15, 0.2) is 5.52 Å². The molecule has 0 unspecified atom stereocenters. The molecule has 0 saturated heterocycles. The lowest BCUT2D eigenvalue weighted by Gasteiger charge is -2.06. The molecule has 0 saturated carbocycles. The monoisotopic (exact) mass is 325 g/mol. The van der Waals surface area contributed by atoms with Crippen molar-refractivity contribution in [2.45, 2.75) is 6.54 Å². The van der Waals surface area contributed by atoms with Gasteiger partial charge >= 0.3 is 5.69 Å². The first kappa shape index (κ1) is 13.3. The van der Waals surface area contributed by atoms with Crippen molar-refractivity contribution in [3.63, 3.8) is 0 Å². The maximum atomic E-state index is 11.3. The summed E-state index contributed by atoms with van der Waals surface area (Å²) in [7, 11) is 0.